The minimum atomic E-state index is 0.0355. The van der Waals surface area contributed by atoms with E-state index in [0.717, 1.165) is 25.8 Å². The summed E-state index contributed by atoms with van der Waals surface area (Å²) in [5.41, 5.74) is 8.56. The van der Waals surface area contributed by atoms with Crippen LogP contribution in [-0.4, -0.2) is 22.3 Å². The minimum absolute atomic E-state index is 0.0355. The molecular weight excluding hydrogens is 260 g/mol. The molecule has 2 heterocycles. The molecule has 1 saturated heterocycles. The van der Waals surface area contributed by atoms with Crippen molar-refractivity contribution >= 4 is 10.9 Å². The van der Waals surface area contributed by atoms with Crippen LogP contribution in [0.25, 0.3) is 10.9 Å². The maximum atomic E-state index is 6.12. The van der Waals surface area contributed by atoms with Gasteiger partial charge in [0.1, 0.15) is 0 Å². The number of rotatable bonds is 4. The third-order valence-corrected chi connectivity index (χ3v) is 4.35. The van der Waals surface area contributed by atoms with Crippen molar-refractivity contribution in [3.8, 4) is 0 Å². The second-order valence-electron chi connectivity index (χ2n) is 7.08. The van der Waals surface area contributed by atoms with Gasteiger partial charge < -0.3 is 15.0 Å². The van der Waals surface area contributed by atoms with Crippen LogP contribution in [0.5, 0.6) is 0 Å². The van der Waals surface area contributed by atoms with Crippen molar-refractivity contribution in [3.63, 3.8) is 0 Å². The van der Waals surface area contributed by atoms with Crippen molar-refractivity contribution in [2.24, 2.45) is 5.73 Å². The maximum Gasteiger partial charge on any atom is 0.0762 e. The first kappa shape index (κ1) is 14.6. The van der Waals surface area contributed by atoms with Gasteiger partial charge in [0.2, 0.25) is 0 Å². The van der Waals surface area contributed by atoms with E-state index >= 15 is 0 Å². The molecule has 1 aromatic heterocycles. The summed E-state index contributed by atoms with van der Waals surface area (Å²) in [5.74, 6) is 0. The lowest BCUT2D eigenvalue weighted by Crippen LogP contribution is -2.22. The van der Waals surface area contributed by atoms with E-state index in [1.807, 2.05) is 0 Å². The molecule has 3 rings (SSSR count). The molecular formula is C18H26N2O. The number of fused-ring (bicyclic) bond motifs is 1. The van der Waals surface area contributed by atoms with Crippen molar-refractivity contribution in [2.75, 3.05) is 0 Å². The van der Waals surface area contributed by atoms with Gasteiger partial charge in [-0.05, 0) is 63.1 Å². The van der Waals surface area contributed by atoms with E-state index < -0.39 is 0 Å². The highest BCUT2D eigenvalue weighted by atomic mass is 16.5. The number of nitrogens with two attached hydrogens (primary N) is 1. The molecule has 21 heavy (non-hydrogen) atoms. The van der Waals surface area contributed by atoms with Gasteiger partial charge in [-0.3, -0.25) is 0 Å². The second kappa shape index (κ2) is 5.47. The van der Waals surface area contributed by atoms with Gasteiger partial charge >= 0.3 is 0 Å². The molecule has 2 aromatic rings. The smallest absolute Gasteiger partial charge is 0.0762 e. The molecule has 0 aliphatic carbocycles. The predicted octanol–water partition coefficient (Wildman–Crippen LogP) is 3.49. The second-order valence-corrected chi connectivity index (χ2v) is 7.08. The highest BCUT2D eigenvalue weighted by molar-refractivity contribution is 5.80. The van der Waals surface area contributed by atoms with E-state index in [4.69, 9.17) is 10.5 Å². The Bertz CT molecular complexity index is 627. The molecule has 1 aliphatic heterocycles. The summed E-state index contributed by atoms with van der Waals surface area (Å²) in [7, 11) is 0. The van der Waals surface area contributed by atoms with Crippen molar-refractivity contribution in [3.05, 3.63) is 36.0 Å². The van der Waals surface area contributed by atoms with Gasteiger partial charge in [-0.15, -0.1) is 0 Å². The van der Waals surface area contributed by atoms with Crippen LogP contribution in [0, 0.1) is 0 Å². The monoisotopic (exact) mass is 286 g/mol. The Morgan fingerprint density at radius 2 is 2.19 bits per heavy atom. The van der Waals surface area contributed by atoms with E-state index in [-0.39, 0.29) is 11.6 Å². The predicted molar refractivity (Wildman–Crippen MR) is 87.5 cm³/mol. The average Bonchev–Trinajstić information content (AvgIpc) is 2.93. The fraction of sp³-hybridized carbons (Fsp3) is 0.556. The Morgan fingerprint density at radius 3 is 2.86 bits per heavy atom. The molecule has 2 atom stereocenters. The number of hydrogen-bond donors (Lipinski definition) is 1. The molecule has 0 saturated carbocycles. The Hall–Kier alpha value is -1.32. The van der Waals surface area contributed by atoms with Gasteiger partial charge in [0.05, 0.1) is 11.7 Å². The Kier molecular flexibility index (Phi) is 3.80. The van der Waals surface area contributed by atoms with Gasteiger partial charge in [0, 0.05) is 24.3 Å². The van der Waals surface area contributed by atoms with Gasteiger partial charge in [0.15, 0.2) is 0 Å². The lowest BCUT2D eigenvalue weighted by Gasteiger charge is -2.20. The average molecular weight is 286 g/mol. The number of nitrogens with zero attached hydrogens (tertiary/aromatic N) is 1. The number of ether oxygens (including phenoxy) is 1. The van der Waals surface area contributed by atoms with Crippen LogP contribution >= 0.6 is 0 Å². The molecule has 3 nitrogen and oxygen atoms in total. The van der Waals surface area contributed by atoms with Gasteiger partial charge in [0.25, 0.3) is 0 Å². The number of benzene rings is 1. The number of hydrogen-bond acceptors (Lipinski definition) is 2. The van der Waals surface area contributed by atoms with Crippen LogP contribution < -0.4 is 5.73 Å². The minimum Gasteiger partial charge on any atom is -0.370 e. The third-order valence-electron chi connectivity index (χ3n) is 4.35. The summed E-state index contributed by atoms with van der Waals surface area (Å²) < 4.78 is 8.45. The zero-order chi connectivity index (χ0) is 15.0. The zero-order valence-corrected chi connectivity index (χ0v) is 13.3. The quantitative estimate of drug-likeness (QED) is 0.934. The largest absolute Gasteiger partial charge is 0.370 e. The summed E-state index contributed by atoms with van der Waals surface area (Å²) in [4.78, 5) is 0. The Labute approximate surface area is 127 Å². The molecule has 3 heteroatoms. The molecule has 1 aliphatic rings. The van der Waals surface area contributed by atoms with Crippen LogP contribution in [0.4, 0.5) is 0 Å². The first-order chi connectivity index (χ1) is 9.93. The summed E-state index contributed by atoms with van der Waals surface area (Å²) in [5, 5.41) is 1.29. The third kappa shape index (κ3) is 3.30. The highest BCUT2D eigenvalue weighted by Crippen LogP contribution is 2.31. The van der Waals surface area contributed by atoms with Gasteiger partial charge in [-0.2, -0.15) is 0 Å². The first-order valence-corrected chi connectivity index (χ1v) is 7.94. The molecule has 0 bridgehead atoms. The van der Waals surface area contributed by atoms with E-state index in [2.05, 4.69) is 55.8 Å². The Balaban J connectivity index is 1.82. The lowest BCUT2D eigenvalue weighted by molar-refractivity contribution is -0.0212. The van der Waals surface area contributed by atoms with E-state index in [0.29, 0.717) is 6.10 Å². The van der Waals surface area contributed by atoms with Crippen LogP contribution in [-0.2, 0) is 17.7 Å². The fourth-order valence-corrected chi connectivity index (χ4v) is 3.31. The zero-order valence-electron chi connectivity index (χ0n) is 13.3. The van der Waals surface area contributed by atoms with Crippen molar-refractivity contribution in [1.29, 1.82) is 0 Å². The van der Waals surface area contributed by atoms with E-state index in [1.165, 1.54) is 16.5 Å². The van der Waals surface area contributed by atoms with Crippen molar-refractivity contribution in [2.45, 2.75) is 64.3 Å². The molecule has 0 spiro atoms. The van der Waals surface area contributed by atoms with Crippen LogP contribution in [0.2, 0.25) is 0 Å². The summed E-state index contributed by atoms with van der Waals surface area (Å²) in [6, 6.07) is 9.04. The molecule has 1 aromatic carbocycles. The summed E-state index contributed by atoms with van der Waals surface area (Å²) in [6.07, 6.45) is 5.72. The summed E-state index contributed by atoms with van der Waals surface area (Å²) >= 11 is 0. The Morgan fingerprint density at radius 1 is 1.38 bits per heavy atom. The SMILES string of the molecule is CC(N)Cc1ccc2ccn(CC3CCC(C)(C)O3)c2c1. The van der Waals surface area contributed by atoms with E-state index in [1.54, 1.807) is 0 Å². The van der Waals surface area contributed by atoms with Crippen molar-refractivity contribution in [1.82, 2.24) is 4.57 Å². The van der Waals surface area contributed by atoms with Crippen LogP contribution in [0.3, 0.4) is 0 Å². The van der Waals surface area contributed by atoms with Crippen LogP contribution in [0.1, 0.15) is 39.2 Å². The molecule has 114 valence electrons. The molecule has 2 N–H and O–H groups in total. The first-order valence-electron chi connectivity index (χ1n) is 7.94. The van der Waals surface area contributed by atoms with E-state index in [9.17, 15) is 0 Å². The highest BCUT2D eigenvalue weighted by Gasteiger charge is 2.31. The topological polar surface area (TPSA) is 40.2 Å². The van der Waals surface area contributed by atoms with Crippen LogP contribution in [0.15, 0.2) is 30.5 Å². The van der Waals surface area contributed by atoms with Gasteiger partial charge in [-0.1, -0.05) is 12.1 Å². The number of aromatic nitrogens is 1. The molecule has 0 amide bonds. The lowest BCUT2D eigenvalue weighted by atomic mass is 10.1. The fourth-order valence-electron chi connectivity index (χ4n) is 3.31. The van der Waals surface area contributed by atoms with Crippen molar-refractivity contribution < 1.29 is 4.74 Å². The normalized spacial score (nSPS) is 22.8. The molecule has 1 fully saturated rings. The summed E-state index contributed by atoms with van der Waals surface area (Å²) in [6.45, 7) is 7.36. The standard InChI is InChI=1S/C18H26N2O/c1-13(19)10-14-4-5-15-7-9-20(17(15)11-14)12-16-6-8-18(2,3)21-16/h4-5,7,9,11,13,16H,6,8,10,12,19H2,1-3H3. The molecule has 0 radical (unpaired) electrons. The molecule has 2 unspecified atom stereocenters. The maximum absolute atomic E-state index is 6.12. The van der Waals surface area contributed by atoms with Gasteiger partial charge in [-0.25, -0.2) is 0 Å².